The molecule has 0 aliphatic rings. The minimum atomic E-state index is -3.95. The Balaban J connectivity index is 2.04. The van der Waals surface area contributed by atoms with Gasteiger partial charge in [-0.15, -0.1) is 0 Å². The number of nitro benzene ring substituents is 1. The van der Waals surface area contributed by atoms with Crippen molar-refractivity contribution in [3.05, 3.63) is 64.0 Å². The third kappa shape index (κ3) is 5.65. The third-order valence-electron chi connectivity index (χ3n) is 3.52. The molecule has 0 bridgehead atoms. The number of sulfonamides is 1. The highest BCUT2D eigenvalue weighted by Gasteiger charge is 2.18. The van der Waals surface area contributed by atoms with E-state index in [1.807, 2.05) is 0 Å². The summed E-state index contributed by atoms with van der Waals surface area (Å²) in [5.41, 5.74) is 0.0987. The monoisotopic (exact) mass is 430 g/mol. The van der Waals surface area contributed by atoms with Gasteiger partial charge in [-0.05, 0) is 29.8 Å². The summed E-state index contributed by atoms with van der Waals surface area (Å²) in [7, 11) is -3.95. The largest absolute Gasteiger partial charge is 0.479 e. The van der Waals surface area contributed by atoms with E-state index < -0.39 is 38.6 Å². The number of nitrogens with zero attached hydrogens (tertiary/aromatic N) is 1. The summed E-state index contributed by atoms with van der Waals surface area (Å²) in [6, 6.07) is 8.05. The molecule has 2 aromatic carbocycles. The lowest BCUT2D eigenvalue weighted by molar-refractivity contribution is -0.384. The first-order valence-electron chi connectivity index (χ1n) is 7.66. The second-order valence-electron chi connectivity index (χ2n) is 5.49. The molecule has 12 heteroatoms. The smallest absolute Gasteiger partial charge is 0.341 e. The van der Waals surface area contributed by atoms with Gasteiger partial charge < -0.3 is 9.84 Å². The second kappa shape index (κ2) is 8.99. The van der Waals surface area contributed by atoms with Crippen molar-refractivity contribution in [2.75, 3.05) is 13.2 Å². The van der Waals surface area contributed by atoms with Crippen molar-refractivity contribution in [2.45, 2.75) is 10.1 Å². The van der Waals surface area contributed by atoms with Crippen LogP contribution in [0.4, 0.5) is 10.1 Å². The molecule has 1 unspecified atom stereocenters. The van der Waals surface area contributed by atoms with E-state index in [9.17, 15) is 27.7 Å². The predicted octanol–water partition coefficient (Wildman–Crippen LogP) is 2.15. The van der Waals surface area contributed by atoms with Gasteiger partial charge >= 0.3 is 5.97 Å². The number of hydrogen-bond donors (Lipinski definition) is 3. The molecular weight excluding hydrogens is 415 g/mol. The van der Waals surface area contributed by atoms with Crippen LogP contribution in [0, 0.1) is 15.9 Å². The summed E-state index contributed by atoms with van der Waals surface area (Å²) in [6.45, 7) is -0.882. The first kappa shape index (κ1) is 21.6. The Labute approximate surface area is 164 Å². The molecule has 2 N–H and O–H groups in total. The van der Waals surface area contributed by atoms with Crippen molar-refractivity contribution in [1.29, 1.82) is 0 Å². The number of non-ortho nitro benzene ring substituents is 1. The Morgan fingerprint density at radius 3 is 2.46 bits per heavy atom. The minimum absolute atomic E-state index is 0.165. The minimum Gasteiger partial charge on any atom is -0.479 e. The van der Waals surface area contributed by atoms with E-state index in [4.69, 9.17) is 9.84 Å². The van der Waals surface area contributed by atoms with Gasteiger partial charge in [-0.25, -0.2) is 22.3 Å². The molecule has 2 aromatic rings. The van der Waals surface area contributed by atoms with Crippen LogP contribution in [0.1, 0.15) is 10.8 Å². The van der Waals surface area contributed by atoms with Crippen molar-refractivity contribution < 1.29 is 32.4 Å². The number of nitro groups is 1. The van der Waals surface area contributed by atoms with E-state index in [1.165, 1.54) is 12.1 Å². The number of carboxylic acids is 1. The van der Waals surface area contributed by atoms with E-state index in [2.05, 4.69) is 17.4 Å². The fourth-order valence-corrected chi connectivity index (χ4v) is 3.54. The van der Waals surface area contributed by atoms with E-state index >= 15 is 0 Å². The lowest BCUT2D eigenvalue weighted by Gasteiger charge is -2.14. The van der Waals surface area contributed by atoms with Gasteiger partial charge in [0.15, 0.2) is 18.2 Å². The molecule has 0 aliphatic heterocycles. The fourth-order valence-electron chi connectivity index (χ4n) is 2.12. The number of rotatable bonds is 9. The molecule has 0 aromatic heterocycles. The van der Waals surface area contributed by atoms with E-state index in [-0.39, 0.29) is 22.9 Å². The van der Waals surface area contributed by atoms with Gasteiger partial charge in [0.1, 0.15) is 0 Å². The molecular formula is C16H15FN2O7S2. The van der Waals surface area contributed by atoms with Crippen LogP contribution in [-0.4, -0.2) is 37.6 Å². The van der Waals surface area contributed by atoms with Gasteiger partial charge in [0, 0.05) is 23.9 Å². The maximum atomic E-state index is 14.0. The molecule has 9 nitrogen and oxygen atoms in total. The molecule has 0 saturated heterocycles. The van der Waals surface area contributed by atoms with Crippen LogP contribution in [0.5, 0.6) is 5.75 Å². The molecule has 28 heavy (non-hydrogen) atoms. The zero-order valence-electron chi connectivity index (χ0n) is 14.1. The molecule has 0 fully saturated rings. The van der Waals surface area contributed by atoms with Crippen LogP contribution in [-0.2, 0) is 14.8 Å². The van der Waals surface area contributed by atoms with E-state index in [0.717, 1.165) is 30.3 Å². The predicted molar refractivity (Wildman–Crippen MR) is 99.5 cm³/mol. The quantitative estimate of drug-likeness (QED) is 0.315. The number of carboxylic acid groups (broad SMARTS) is 1. The Hall–Kier alpha value is -2.70. The summed E-state index contributed by atoms with van der Waals surface area (Å²) in [4.78, 5) is 20.3. The van der Waals surface area contributed by atoms with Crippen LogP contribution >= 0.6 is 12.6 Å². The summed E-state index contributed by atoms with van der Waals surface area (Å²) >= 11 is 4.24. The molecule has 0 spiro atoms. The number of hydrogen-bond acceptors (Lipinski definition) is 7. The molecule has 0 heterocycles. The molecule has 150 valence electrons. The van der Waals surface area contributed by atoms with Crippen molar-refractivity contribution >= 4 is 34.3 Å². The van der Waals surface area contributed by atoms with Crippen molar-refractivity contribution in [3.63, 3.8) is 0 Å². The highest BCUT2D eigenvalue weighted by Crippen LogP contribution is 2.26. The van der Waals surface area contributed by atoms with Crippen LogP contribution in [0.25, 0.3) is 0 Å². The SMILES string of the molecule is O=C(O)COc1ccc(C(S)CNS(=O)(=O)c2ccc([N+](=O)[O-])cc2)cc1F. The Bertz CT molecular complexity index is 981. The van der Waals surface area contributed by atoms with Crippen LogP contribution in [0.3, 0.4) is 0 Å². The highest BCUT2D eigenvalue weighted by molar-refractivity contribution is 7.89. The van der Waals surface area contributed by atoms with Crippen LogP contribution in [0.2, 0.25) is 0 Å². The maximum Gasteiger partial charge on any atom is 0.341 e. The summed E-state index contributed by atoms with van der Waals surface area (Å²) in [6.07, 6.45) is 0. The Morgan fingerprint density at radius 1 is 1.29 bits per heavy atom. The standard InChI is InChI=1S/C16H15FN2O7S2/c17-13-7-10(1-6-14(13)26-9-16(20)21)15(27)8-18-28(24,25)12-4-2-11(3-5-12)19(22)23/h1-7,15,18,27H,8-9H2,(H,20,21). The topological polar surface area (TPSA) is 136 Å². The third-order valence-corrected chi connectivity index (χ3v) is 5.44. The Kier molecular flexibility index (Phi) is 6.94. The van der Waals surface area contributed by atoms with Gasteiger partial charge in [0.2, 0.25) is 10.0 Å². The first-order valence-corrected chi connectivity index (χ1v) is 9.66. The average molecular weight is 430 g/mol. The van der Waals surface area contributed by atoms with Crippen molar-refractivity contribution in [1.82, 2.24) is 4.72 Å². The molecule has 0 aliphatic carbocycles. The Morgan fingerprint density at radius 2 is 1.93 bits per heavy atom. The van der Waals surface area contributed by atoms with E-state index in [0.29, 0.717) is 5.56 Å². The van der Waals surface area contributed by atoms with E-state index in [1.54, 1.807) is 0 Å². The fraction of sp³-hybridized carbons (Fsp3) is 0.188. The number of halogens is 1. The number of nitrogens with one attached hydrogen (secondary N) is 1. The van der Waals surface area contributed by atoms with Gasteiger partial charge in [0.25, 0.3) is 5.69 Å². The number of thiol groups is 1. The summed E-state index contributed by atoms with van der Waals surface area (Å²) in [5.74, 6) is -2.31. The molecule has 0 amide bonds. The summed E-state index contributed by atoms with van der Waals surface area (Å²) in [5, 5.41) is 18.4. The number of aliphatic carboxylic acids is 1. The van der Waals surface area contributed by atoms with Crippen LogP contribution in [0.15, 0.2) is 47.4 Å². The lowest BCUT2D eigenvalue weighted by Crippen LogP contribution is -2.27. The van der Waals surface area contributed by atoms with Gasteiger partial charge in [-0.2, -0.15) is 12.6 Å². The zero-order valence-corrected chi connectivity index (χ0v) is 15.8. The zero-order chi connectivity index (χ0) is 20.9. The number of carbonyl (C=O) groups is 1. The number of benzene rings is 2. The molecule has 0 radical (unpaired) electrons. The second-order valence-corrected chi connectivity index (χ2v) is 7.88. The number of ether oxygens (including phenoxy) is 1. The molecule has 2 rings (SSSR count). The molecule has 1 atom stereocenters. The van der Waals surface area contributed by atoms with Crippen LogP contribution < -0.4 is 9.46 Å². The van der Waals surface area contributed by atoms with Crippen molar-refractivity contribution in [3.8, 4) is 5.75 Å². The average Bonchev–Trinajstić information content (AvgIpc) is 2.65. The highest BCUT2D eigenvalue weighted by atomic mass is 32.2. The lowest BCUT2D eigenvalue weighted by atomic mass is 10.1. The van der Waals surface area contributed by atoms with Gasteiger partial charge in [-0.3, -0.25) is 10.1 Å². The summed E-state index contributed by atoms with van der Waals surface area (Å²) < 4.78 is 45.5. The normalized spacial score (nSPS) is 12.4. The maximum absolute atomic E-state index is 14.0. The van der Waals surface area contributed by atoms with Crippen molar-refractivity contribution in [2.24, 2.45) is 0 Å². The van der Waals surface area contributed by atoms with Gasteiger partial charge in [-0.1, -0.05) is 6.07 Å². The first-order chi connectivity index (χ1) is 13.1. The molecule has 0 saturated carbocycles. The van der Waals surface area contributed by atoms with Gasteiger partial charge in [0.05, 0.1) is 9.82 Å².